The zero-order valence-electron chi connectivity index (χ0n) is 22.8. The first-order valence-electron chi connectivity index (χ1n) is 12.9. The van der Waals surface area contributed by atoms with Crippen molar-refractivity contribution in [1.29, 1.82) is 0 Å². The fourth-order valence-corrected chi connectivity index (χ4v) is 4.10. The number of nitrogens with two attached hydrogens (primary N) is 2. The minimum Gasteiger partial charge on any atom is -0.467 e. The Kier molecular flexibility index (Phi) is 10.1. The van der Waals surface area contributed by atoms with Crippen molar-refractivity contribution in [3.05, 3.63) is 41.7 Å². The number of Topliss-reactive ketones (excluding diaryl/α,β-unsaturated/α-hetero) is 1. The second-order valence-electron chi connectivity index (χ2n) is 9.50. The molecule has 12 heteroatoms. The molecule has 2 aromatic heterocycles. The quantitative estimate of drug-likeness (QED) is 0.273. The Hall–Kier alpha value is -4.35. The molecule has 39 heavy (non-hydrogen) atoms. The molecule has 2 heterocycles. The zero-order valence-corrected chi connectivity index (χ0v) is 22.8. The number of nitrogens with one attached hydrogen (secondary N) is 1. The SMILES string of the molecule is CCCCC(C)C(=O)CCC(NC(=O)c1ccc(N(C)Cc2cnc3nc(N)nc(N)c3n2)cc1)C(=O)OC. The lowest BCUT2D eigenvalue weighted by Gasteiger charge is -2.20. The van der Waals surface area contributed by atoms with E-state index in [9.17, 15) is 14.4 Å². The molecule has 0 aliphatic heterocycles. The minimum atomic E-state index is -0.912. The van der Waals surface area contributed by atoms with E-state index in [4.69, 9.17) is 16.2 Å². The van der Waals surface area contributed by atoms with Gasteiger partial charge >= 0.3 is 5.97 Å². The van der Waals surface area contributed by atoms with Crippen molar-refractivity contribution in [1.82, 2.24) is 25.3 Å². The molecular weight excluding hydrogens is 500 g/mol. The van der Waals surface area contributed by atoms with Gasteiger partial charge in [-0.2, -0.15) is 9.97 Å². The van der Waals surface area contributed by atoms with E-state index in [1.165, 1.54) is 7.11 Å². The van der Waals surface area contributed by atoms with Crippen LogP contribution in [-0.2, 0) is 20.9 Å². The van der Waals surface area contributed by atoms with Gasteiger partial charge in [-0.3, -0.25) is 9.59 Å². The highest BCUT2D eigenvalue weighted by molar-refractivity contribution is 5.97. The number of rotatable bonds is 13. The number of hydrogen-bond acceptors (Lipinski definition) is 11. The van der Waals surface area contributed by atoms with Crippen LogP contribution in [0.4, 0.5) is 17.5 Å². The van der Waals surface area contributed by atoms with Gasteiger partial charge in [0.15, 0.2) is 17.0 Å². The van der Waals surface area contributed by atoms with Crippen molar-refractivity contribution in [2.45, 2.75) is 58.5 Å². The van der Waals surface area contributed by atoms with Gasteiger partial charge in [0.1, 0.15) is 11.8 Å². The van der Waals surface area contributed by atoms with Gasteiger partial charge in [0.05, 0.1) is 25.5 Å². The lowest BCUT2D eigenvalue weighted by atomic mass is 9.95. The fourth-order valence-electron chi connectivity index (χ4n) is 4.10. The number of unbranched alkanes of at least 4 members (excludes halogenated alkanes) is 1. The molecule has 0 radical (unpaired) electrons. The van der Waals surface area contributed by atoms with Crippen LogP contribution in [0.1, 0.15) is 62.0 Å². The van der Waals surface area contributed by atoms with Crippen LogP contribution in [0.15, 0.2) is 30.5 Å². The number of anilines is 3. The number of amides is 1. The Morgan fingerprint density at radius 2 is 1.79 bits per heavy atom. The minimum absolute atomic E-state index is 0.0340. The maximum Gasteiger partial charge on any atom is 0.328 e. The molecule has 2 unspecified atom stereocenters. The second-order valence-corrected chi connectivity index (χ2v) is 9.50. The molecule has 1 amide bonds. The van der Waals surface area contributed by atoms with E-state index in [1.807, 2.05) is 18.9 Å². The summed E-state index contributed by atoms with van der Waals surface area (Å²) in [5, 5.41) is 2.71. The van der Waals surface area contributed by atoms with E-state index in [2.05, 4.69) is 32.2 Å². The number of nitrogen functional groups attached to an aromatic ring is 2. The number of esters is 1. The van der Waals surface area contributed by atoms with Crippen LogP contribution in [0.5, 0.6) is 0 Å². The largest absolute Gasteiger partial charge is 0.467 e. The van der Waals surface area contributed by atoms with Gasteiger partial charge in [0.2, 0.25) is 5.95 Å². The number of carbonyl (C=O) groups is 3. The van der Waals surface area contributed by atoms with E-state index in [1.54, 1.807) is 30.5 Å². The van der Waals surface area contributed by atoms with Gasteiger partial charge in [-0.15, -0.1) is 0 Å². The molecule has 5 N–H and O–H groups in total. The molecule has 12 nitrogen and oxygen atoms in total. The van der Waals surface area contributed by atoms with Gasteiger partial charge in [-0.25, -0.2) is 14.8 Å². The number of ketones is 1. The number of carbonyl (C=O) groups excluding carboxylic acids is 3. The van der Waals surface area contributed by atoms with Crippen LogP contribution >= 0.6 is 0 Å². The molecule has 208 valence electrons. The number of nitrogens with zero attached hydrogens (tertiary/aromatic N) is 5. The first kappa shape index (κ1) is 29.2. The molecule has 0 spiro atoms. The molecule has 3 rings (SSSR count). The molecule has 1 aromatic carbocycles. The zero-order chi connectivity index (χ0) is 28.5. The fraction of sp³-hybridized carbons (Fsp3) is 0.444. The molecule has 0 fully saturated rings. The Morgan fingerprint density at radius 1 is 1.08 bits per heavy atom. The molecule has 0 saturated carbocycles. The van der Waals surface area contributed by atoms with Gasteiger partial charge in [0, 0.05) is 30.6 Å². The number of benzene rings is 1. The standard InChI is InChI=1S/C27H36N8O4/c1-5-6-7-16(2)21(36)13-12-20(26(38)39-4)32-25(37)17-8-10-19(11-9-17)35(3)15-18-14-30-24-22(31-18)23(28)33-27(29)34-24/h8-11,14,16,20H,5-7,12-13,15H2,1-4H3,(H,32,37)(H4,28,29,30,33,34). The van der Waals surface area contributed by atoms with Crippen LogP contribution in [0.3, 0.4) is 0 Å². The molecule has 0 aliphatic rings. The predicted molar refractivity (Wildman–Crippen MR) is 149 cm³/mol. The Labute approximate surface area is 227 Å². The maximum atomic E-state index is 12.9. The lowest BCUT2D eigenvalue weighted by molar-refractivity contribution is -0.143. The number of ether oxygens (including phenoxy) is 1. The molecular formula is C27H36N8O4. The average molecular weight is 537 g/mol. The second kappa shape index (κ2) is 13.4. The molecule has 0 aliphatic carbocycles. The van der Waals surface area contributed by atoms with Crippen molar-refractivity contribution < 1.29 is 19.1 Å². The predicted octanol–water partition coefficient (Wildman–Crippen LogP) is 2.67. The van der Waals surface area contributed by atoms with Crippen molar-refractivity contribution in [2.75, 3.05) is 30.5 Å². The summed E-state index contributed by atoms with van der Waals surface area (Å²) in [7, 11) is 3.13. The normalized spacial score (nSPS) is 12.5. The molecule has 2 atom stereocenters. The van der Waals surface area contributed by atoms with Crippen LogP contribution in [0, 0.1) is 5.92 Å². The van der Waals surface area contributed by atoms with Crippen LogP contribution < -0.4 is 21.7 Å². The lowest BCUT2D eigenvalue weighted by Crippen LogP contribution is -2.42. The Bertz CT molecular complexity index is 1320. The van der Waals surface area contributed by atoms with Crippen molar-refractivity contribution in [3.8, 4) is 0 Å². The van der Waals surface area contributed by atoms with Crippen LogP contribution in [-0.4, -0.2) is 57.8 Å². The average Bonchev–Trinajstić information content (AvgIpc) is 2.93. The summed E-state index contributed by atoms with van der Waals surface area (Å²) in [6.07, 6.45) is 4.78. The third-order valence-electron chi connectivity index (χ3n) is 6.48. The van der Waals surface area contributed by atoms with E-state index >= 15 is 0 Å². The monoisotopic (exact) mass is 536 g/mol. The highest BCUT2D eigenvalue weighted by Gasteiger charge is 2.24. The highest BCUT2D eigenvalue weighted by Crippen LogP contribution is 2.19. The van der Waals surface area contributed by atoms with Gasteiger partial charge in [-0.1, -0.05) is 26.7 Å². The highest BCUT2D eigenvalue weighted by atomic mass is 16.5. The van der Waals surface area contributed by atoms with Crippen molar-refractivity contribution >= 4 is 46.3 Å². The summed E-state index contributed by atoms with van der Waals surface area (Å²) < 4.78 is 4.85. The third kappa shape index (κ3) is 7.82. The number of aromatic nitrogens is 4. The van der Waals surface area contributed by atoms with Crippen molar-refractivity contribution in [2.24, 2.45) is 5.92 Å². The summed E-state index contributed by atoms with van der Waals surface area (Å²) in [4.78, 5) is 56.3. The summed E-state index contributed by atoms with van der Waals surface area (Å²) in [6.45, 7) is 4.39. The Morgan fingerprint density at radius 3 is 2.46 bits per heavy atom. The van der Waals surface area contributed by atoms with Crippen molar-refractivity contribution in [3.63, 3.8) is 0 Å². The van der Waals surface area contributed by atoms with E-state index in [0.29, 0.717) is 29.0 Å². The first-order valence-corrected chi connectivity index (χ1v) is 12.9. The van der Waals surface area contributed by atoms with Gasteiger partial charge in [-0.05, 0) is 37.1 Å². The maximum absolute atomic E-state index is 12.9. The topological polar surface area (TPSA) is 179 Å². The van der Waals surface area contributed by atoms with E-state index in [-0.39, 0.29) is 36.3 Å². The number of hydrogen-bond donors (Lipinski definition) is 3. The third-order valence-corrected chi connectivity index (χ3v) is 6.48. The van der Waals surface area contributed by atoms with Crippen LogP contribution in [0.2, 0.25) is 0 Å². The number of fused-ring (bicyclic) bond motifs is 1. The van der Waals surface area contributed by atoms with Crippen LogP contribution in [0.25, 0.3) is 11.2 Å². The summed E-state index contributed by atoms with van der Waals surface area (Å²) in [6, 6.07) is 5.98. The van der Waals surface area contributed by atoms with Gasteiger partial charge in [0.25, 0.3) is 5.91 Å². The first-order chi connectivity index (χ1) is 18.6. The van der Waals surface area contributed by atoms with E-state index < -0.39 is 17.9 Å². The number of methoxy groups -OCH3 is 1. The summed E-state index contributed by atoms with van der Waals surface area (Å²) in [5.74, 6) is -0.819. The molecule has 0 bridgehead atoms. The van der Waals surface area contributed by atoms with Gasteiger partial charge < -0.3 is 26.4 Å². The smallest absolute Gasteiger partial charge is 0.328 e. The van der Waals surface area contributed by atoms with E-state index in [0.717, 1.165) is 24.9 Å². The summed E-state index contributed by atoms with van der Waals surface area (Å²) in [5.41, 5.74) is 14.1. The summed E-state index contributed by atoms with van der Waals surface area (Å²) >= 11 is 0. The Balaban J connectivity index is 1.62. The molecule has 3 aromatic rings. The molecule has 0 saturated heterocycles.